The summed E-state index contributed by atoms with van der Waals surface area (Å²) in [6.45, 7) is 0. The van der Waals surface area contributed by atoms with E-state index >= 15 is 0 Å². The first kappa shape index (κ1) is 73.0. The number of nitrogens with zero attached hydrogens (tertiary/aromatic N) is 4. The zero-order valence-electron chi connectivity index (χ0n) is 66.3. The van der Waals surface area contributed by atoms with Gasteiger partial charge in [-0.05, 0) is 211 Å². The van der Waals surface area contributed by atoms with E-state index < -0.39 is 0 Å². The maximum atomic E-state index is 5.61. The van der Waals surface area contributed by atoms with Crippen LogP contribution in [-0.4, -0.2) is 19.9 Å². The van der Waals surface area contributed by atoms with Gasteiger partial charge in [0.2, 0.25) is 0 Å². The molecule has 4 aromatic heterocycles. The second kappa shape index (κ2) is 31.8. The Bertz CT molecular complexity index is 7700. The van der Waals surface area contributed by atoms with Crippen LogP contribution in [0.2, 0.25) is 0 Å². The van der Waals surface area contributed by atoms with E-state index in [2.05, 4.69) is 449 Å². The fourth-order valence-corrected chi connectivity index (χ4v) is 19.5. The molecule has 6 heteroatoms. The average Bonchev–Trinajstić information content (AvgIpc) is 1.60. The van der Waals surface area contributed by atoms with Gasteiger partial charge in [0.15, 0.2) is 11.6 Å². The molecule has 4 heterocycles. The zero-order valence-corrected chi connectivity index (χ0v) is 68.0. The monoisotopic (exact) mass is 1590 g/mol. The van der Waals surface area contributed by atoms with E-state index in [1.807, 2.05) is 0 Å². The number of aromatic nitrogens is 4. The van der Waals surface area contributed by atoms with Crippen molar-refractivity contribution in [1.29, 1.82) is 0 Å². The smallest absolute Gasteiger partial charge is 0.160 e. The predicted molar refractivity (Wildman–Crippen MR) is 516 cm³/mol. The van der Waals surface area contributed by atoms with Crippen LogP contribution in [0.5, 0.6) is 0 Å². The summed E-state index contributed by atoms with van der Waals surface area (Å²) in [6.07, 6.45) is 0. The molecule has 18 aromatic carbocycles. The van der Waals surface area contributed by atoms with Crippen LogP contribution in [0.25, 0.3) is 231 Å². The van der Waals surface area contributed by atoms with Gasteiger partial charge in [-0.2, -0.15) is 0 Å². The molecule has 4 nitrogen and oxygen atoms in total. The summed E-state index contributed by atoms with van der Waals surface area (Å²) in [6, 6.07) is 162. The van der Waals surface area contributed by atoms with Crippen LogP contribution in [-0.2, 0) is 0 Å². The first-order valence-electron chi connectivity index (χ1n) is 41.3. The van der Waals surface area contributed by atoms with Crippen molar-refractivity contribution in [3.05, 3.63) is 449 Å². The SMILES string of the molecule is c1ccc(-c2ccc(-c3cccc(-c4cccc(-c5nc(-c6cccc(-c7cccc(-c8ccc(-c9ccccc9)cc8)c7)c6)c6sc7cc(-c8ccc(-c9ccc(-c%10cccc(-c%11cccc(-c%12nc(-c%13cccc(-c%14cccc(-c%15cccc(-c%16ccccc%16)c%15)c%14)c%13)c%13sc%14ccccc%14c%13n%12)c%11)c%10)cc9)cc8)ccc7c6n5)c4)c3)cc2)cc1. The highest BCUT2D eigenvalue weighted by atomic mass is 32.1. The second-order valence-electron chi connectivity index (χ2n) is 31.2. The Hall–Kier alpha value is -15.4. The zero-order chi connectivity index (χ0) is 80.8. The lowest BCUT2D eigenvalue weighted by Crippen LogP contribution is -1.94. The lowest BCUT2D eigenvalue weighted by atomic mass is 9.95. The molecule has 22 aromatic rings. The van der Waals surface area contributed by atoms with Gasteiger partial charge in [-0.1, -0.05) is 382 Å². The first-order valence-corrected chi connectivity index (χ1v) is 43.0. The van der Waals surface area contributed by atoms with Crippen LogP contribution in [0.4, 0.5) is 0 Å². The van der Waals surface area contributed by atoms with E-state index in [1.165, 1.54) is 60.3 Å². The molecule has 0 aliphatic rings. The van der Waals surface area contributed by atoms with Crippen molar-refractivity contribution in [3.63, 3.8) is 0 Å². The lowest BCUT2D eigenvalue weighted by Gasteiger charge is -2.12. The maximum absolute atomic E-state index is 5.61. The molecule has 0 spiro atoms. The Morgan fingerprint density at radius 2 is 0.328 bits per heavy atom. The number of thiophene rings is 2. The molecule has 0 N–H and O–H groups in total. The third kappa shape index (κ3) is 14.5. The number of benzene rings is 18. The molecule has 0 saturated heterocycles. The Balaban J connectivity index is 0.544. The van der Waals surface area contributed by atoms with Gasteiger partial charge in [0.1, 0.15) is 0 Å². The summed E-state index contributed by atoms with van der Waals surface area (Å²) in [5.41, 5.74) is 37.8. The highest BCUT2D eigenvalue weighted by molar-refractivity contribution is 7.26. The van der Waals surface area contributed by atoms with Crippen LogP contribution in [0.3, 0.4) is 0 Å². The molecular weight excluding hydrogens is 1510 g/mol. The Labute approximate surface area is 716 Å². The molecule has 0 fully saturated rings. The van der Waals surface area contributed by atoms with Gasteiger partial charge in [-0.15, -0.1) is 22.7 Å². The largest absolute Gasteiger partial charge is 0.226 e. The standard InChI is InChI=1S/C116H74N4S2/c1-4-21-75(22-5-1)78-47-55-82(56-48-78)87-28-13-32-91(66-87)96-37-17-42-102(70-96)110-114-112(120-116(118-110)104-44-20-40-99(73-104)92-33-14-29-88(67-92)83-57-49-79(50-58-83)76-23-6-2-7-24-76)106-64-63-100(74-108(106)122-114)85-61-53-81(54-62-85)80-51-59-84(60-52-80)89-30-15-34-93(68-89)98-39-19-43-103(72-98)115-117-109(113-111(119-115)105-45-10-11-46-107(105)121-113)101-41-18-38-97(71-101)95-36-16-35-94(69-95)90-31-12-27-86(65-90)77-25-8-3-9-26-77/h1-74H. The van der Waals surface area contributed by atoms with E-state index in [-0.39, 0.29) is 0 Å². The van der Waals surface area contributed by atoms with Crippen molar-refractivity contribution in [1.82, 2.24) is 19.9 Å². The Morgan fingerprint density at radius 1 is 0.131 bits per heavy atom. The van der Waals surface area contributed by atoms with Gasteiger partial charge in [0, 0.05) is 42.4 Å². The van der Waals surface area contributed by atoms with Crippen LogP contribution in [0.15, 0.2) is 449 Å². The van der Waals surface area contributed by atoms with Crippen LogP contribution in [0, 0.1) is 0 Å². The molecule has 0 unspecified atom stereocenters. The van der Waals surface area contributed by atoms with Crippen molar-refractivity contribution >= 4 is 63.3 Å². The van der Waals surface area contributed by atoms with Gasteiger partial charge in [0.05, 0.1) is 31.8 Å². The molecule has 22 rings (SSSR count). The van der Waals surface area contributed by atoms with Crippen molar-refractivity contribution in [2.45, 2.75) is 0 Å². The van der Waals surface area contributed by atoms with E-state index in [4.69, 9.17) is 19.9 Å². The topological polar surface area (TPSA) is 51.6 Å². The first-order chi connectivity index (χ1) is 60.4. The van der Waals surface area contributed by atoms with Crippen LogP contribution in [0.1, 0.15) is 0 Å². The molecule has 0 bridgehead atoms. The second-order valence-corrected chi connectivity index (χ2v) is 33.3. The van der Waals surface area contributed by atoms with Crippen molar-refractivity contribution in [3.8, 4) is 190 Å². The highest BCUT2D eigenvalue weighted by Crippen LogP contribution is 2.46. The quantitative estimate of drug-likeness (QED) is 0.0912. The lowest BCUT2D eigenvalue weighted by molar-refractivity contribution is 1.24. The molecule has 0 atom stereocenters. The van der Waals surface area contributed by atoms with Crippen molar-refractivity contribution in [2.24, 2.45) is 0 Å². The number of hydrogen-bond donors (Lipinski definition) is 0. The number of fused-ring (bicyclic) bond motifs is 6. The third-order valence-electron chi connectivity index (χ3n) is 23.6. The molecule has 0 radical (unpaired) electrons. The minimum atomic E-state index is 0.679. The normalized spacial score (nSPS) is 11.4. The van der Waals surface area contributed by atoms with E-state index in [0.29, 0.717) is 11.6 Å². The Kier molecular flexibility index (Phi) is 19.0. The van der Waals surface area contributed by atoms with Crippen molar-refractivity contribution < 1.29 is 0 Å². The van der Waals surface area contributed by atoms with Gasteiger partial charge in [-0.3, -0.25) is 0 Å². The summed E-state index contributed by atoms with van der Waals surface area (Å²) >= 11 is 3.52. The maximum Gasteiger partial charge on any atom is 0.160 e. The van der Waals surface area contributed by atoms with Gasteiger partial charge in [0.25, 0.3) is 0 Å². The molecule has 0 aliphatic carbocycles. The van der Waals surface area contributed by atoms with E-state index in [1.54, 1.807) is 22.7 Å². The van der Waals surface area contributed by atoms with E-state index in [9.17, 15) is 0 Å². The summed E-state index contributed by atoms with van der Waals surface area (Å²) in [4.78, 5) is 22.1. The minimum Gasteiger partial charge on any atom is -0.226 e. The van der Waals surface area contributed by atoms with Crippen molar-refractivity contribution in [2.75, 3.05) is 0 Å². The minimum absolute atomic E-state index is 0.679. The van der Waals surface area contributed by atoms with Gasteiger partial charge < -0.3 is 0 Å². The predicted octanol–water partition coefficient (Wildman–Crippen LogP) is 32.3. The summed E-state index contributed by atoms with van der Waals surface area (Å²) in [5, 5.41) is 2.23. The Morgan fingerprint density at radius 3 is 0.648 bits per heavy atom. The molecule has 0 saturated carbocycles. The number of rotatable bonds is 17. The molecule has 122 heavy (non-hydrogen) atoms. The fourth-order valence-electron chi connectivity index (χ4n) is 17.1. The van der Waals surface area contributed by atoms with E-state index in [0.717, 1.165) is 159 Å². The highest BCUT2D eigenvalue weighted by Gasteiger charge is 2.22. The fraction of sp³-hybridized carbons (Fsp3) is 0. The van der Waals surface area contributed by atoms with Crippen LogP contribution < -0.4 is 0 Å². The molecular formula is C116H74N4S2. The van der Waals surface area contributed by atoms with Gasteiger partial charge >= 0.3 is 0 Å². The molecule has 0 aliphatic heterocycles. The average molecular weight is 1590 g/mol. The summed E-state index contributed by atoms with van der Waals surface area (Å²) < 4.78 is 4.46. The summed E-state index contributed by atoms with van der Waals surface area (Å²) in [7, 11) is 0. The molecule has 0 amide bonds. The van der Waals surface area contributed by atoms with Crippen LogP contribution >= 0.6 is 22.7 Å². The number of hydrogen-bond acceptors (Lipinski definition) is 6. The summed E-state index contributed by atoms with van der Waals surface area (Å²) in [5.74, 6) is 1.37. The van der Waals surface area contributed by atoms with Gasteiger partial charge in [-0.25, -0.2) is 19.9 Å². The third-order valence-corrected chi connectivity index (χ3v) is 25.9. The molecule has 570 valence electrons.